The van der Waals surface area contributed by atoms with Gasteiger partial charge in [0.1, 0.15) is 0 Å². The van der Waals surface area contributed by atoms with Crippen molar-refractivity contribution >= 4 is 55.7 Å². The van der Waals surface area contributed by atoms with E-state index in [2.05, 4.69) is 277 Å². The van der Waals surface area contributed by atoms with Gasteiger partial charge >= 0.3 is 0 Å². The Kier molecular flexibility index (Phi) is 10.3. The molecule has 0 aliphatic rings. The Hall–Kier alpha value is -8.46. The zero-order valence-electron chi connectivity index (χ0n) is 35.3. The second-order valence-electron chi connectivity index (χ2n) is 16.1. The van der Waals surface area contributed by atoms with Gasteiger partial charge in [0.2, 0.25) is 0 Å². The molecule has 64 heavy (non-hydrogen) atoms. The molecule has 11 aromatic carbocycles. The topological polar surface area (TPSA) is 6.48 Å². The first kappa shape index (κ1) is 38.5. The second kappa shape index (κ2) is 17.1. The van der Waals surface area contributed by atoms with Gasteiger partial charge in [-0.05, 0) is 139 Å². The molecule has 0 aliphatic carbocycles. The molecule has 0 fully saturated rings. The van der Waals surface area contributed by atoms with Gasteiger partial charge in [0.05, 0.1) is 0 Å². The standard InChI is InChI=1S/C62H44N2/c1-7-19-45(20-8-1)47-31-35-49(36-32-47)61-57-41-39-56(64(53-27-15-5-16-28-53)54-29-17-6-18-30-54)44-60(57)62(50-37-33-48(34-38-50)46-21-9-2-10-22-46)58-42-40-55(43-59(58)61)63(51-23-11-3-12-24-51)52-25-13-4-14-26-52/h1-44H. The Labute approximate surface area is 375 Å². The zero-order valence-corrected chi connectivity index (χ0v) is 35.3. The molecule has 0 saturated heterocycles. The summed E-state index contributed by atoms with van der Waals surface area (Å²) in [6.45, 7) is 0. The number of hydrogen-bond acceptors (Lipinski definition) is 2. The number of rotatable bonds is 10. The molecule has 0 unspecified atom stereocenters. The van der Waals surface area contributed by atoms with Gasteiger partial charge in [0.15, 0.2) is 0 Å². The SMILES string of the molecule is c1ccc(-c2ccc(-c3c4ccc(N(c5ccccc5)c5ccccc5)cc4c(-c4ccc(-c5ccccc5)cc4)c4ccc(N(c5ccccc5)c5ccccc5)cc34)cc2)cc1. The van der Waals surface area contributed by atoms with Crippen molar-refractivity contribution in [3.05, 3.63) is 267 Å². The highest BCUT2D eigenvalue weighted by atomic mass is 15.1. The van der Waals surface area contributed by atoms with Crippen molar-refractivity contribution < 1.29 is 0 Å². The van der Waals surface area contributed by atoms with E-state index in [9.17, 15) is 0 Å². The summed E-state index contributed by atoms with van der Waals surface area (Å²) in [7, 11) is 0. The minimum atomic E-state index is 1.09. The van der Waals surface area contributed by atoms with Gasteiger partial charge in [-0.25, -0.2) is 0 Å². The molecule has 2 heteroatoms. The van der Waals surface area contributed by atoms with Crippen molar-refractivity contribution in [1.82, 2.24) is 0 Å². The number of hydrogen-bond donors (Lipinski definition) is 0. The Bertz CT molecular complexity index is 3010. The van der Waals surface area contributed by atoms with Crippen LogP contribution in [0.3, 0.4) is 0 Å². The molecule has 0 N–H and O–H groups in total. The van der Waals surface area contributed by atoms with Crippen LogP contribution in [0.15, 0.2) is 267 Å². The summed E-state index contributed by atoms with van der Waals surface area (Å²) < 4.78 is 0. The summed E-state index contributed by atoms with van der Waals surface area (Å²) in [5.41, 5.74) is 16.1. The first-order valence-corrected chi connectivity index (χ1v) is 21.9. The third-order valence-electron chi connectivity index (χ3n) is 12.2. The highest BCUT2D eigenvalue weighted by Crippen LogP contribution is 2.48. The van der Waals surface area contributed by atoms with Crippen LogP contribution in [0.1, 0.15) is 0 Å². The van der Waals surface area contributed by atoms with Crippen LogP contribution in [0.2, 0.25) is 0 Å². The number of fused-ring (bicyclic) bond motifs is 2. The Balaban J connectivity index is 1.22. The summed E-state index contributed by atoms with van der Waals surface area (Å²) in [4.78, 5) is 4.72. The van der Waals surface area contributed by atoms with E-state index in [1.807, 2.05) is 0 Å². The van der Waals surface area contributed by atoms with E-state index in [1.54, 1.807) is 0 Å². The summed E-state index contributed by atoms with van der Waals surface area (Å²) in [5.74, 6) is 0. The van der Waals surface area contributed by atoms with Crippen molar-refractivity contribution in [1.29, 1.82) is 0 Å². The molecule has 0 heterocycles. The fourth-order valence-electron chi connectivity index (χ4n) is 9.23. The maximum atomic E-state index is 2.41. The minimum Gasteiger partial charge on any atom is -0.310 e. The maximum absolute atomic E-state index is 2.41. The first-order chi connectivity index (χ1) is 31.8. The van der Waals surface area contributed by atoms with Gasteiger partial charge in [-0.15, -0.1) is 0 Å². The van der Waals surface area contributed by atoms with Crippen LogP contribution in [0.4, 0.5) is 34.1 Å². The number of benzene rings is 11. The quantitative estimate of drug-likeness (QED) is 0.127. The summed E-state index contributed by atoms with van der Waals surface area (Å²) in [6.07, 6.45) is 0. The number of anilines is 6. The molecule has 11 rings (SSSR count). The van der Waals surface area contributed by atoms with Gasteiger partial charge in [0, 0.05) is 34.1 Å². The van der Waals surface area contributed by atoms with Gasteiger partial charge in [-0.2, -0.15) is 0 Å². The van der Waals surface area contributed by atoms with E-state index in [-0.39, 0.29) is 0 Å². The molecule has 0 bridgehead atoms. The molecule has 302 valence electrons. The molecule has 2 nitrogen and oxygen atoms in total. The Morgan fingerprint density at radius 3 is 0.719 bits per heavy atom. The second-order valence-corrected chi connectivity index (χ2v) is 16.1. The van der Waals surface area contributed by atoms with Crippen LogP contribution in [0.25, 0.3) is 66.1 Å². The third-order valence-corrected chi connectivity index (χ3v) is 12.2. The normalized spacial score (nSPS) is 11.1. The lowest BCUT2D eigenvalue weighted by Gasteiger charge is -2.28. The van der Waals surface area contributed by atoms with Crippen LogP contribution in [-0.4, -0.2) is 0 Å². The van der Waals surface area contributed by atoms with E-state index in [4.69, 9.17) is 0 Å². The predicted molar refractivity (Wildman–Crippen MR) is 273 cm³/mol. The lowest BCUT2D eigenvalue weighted by molar-refractivity contribution is 1.29. The molecule has 0 radical (unpaired) electrons. The van der Waals surface area contributed by atoms with E-state index < -0.39 is 0 Å². The third kappa shape index (κ3) is 7.38. The van der Waals surface area contributed by atoms with E-state index >= 15 is 0 Å². The monoisotopic (exact) mass is 816 g/mol. The summed E-state index contributed by atoms with van der Waals surface area (Å²) in [5, 5.41) is 4.75. The Morgan fingerprint density at radius 1 is 0.172 bits per heavy atom. The summed E-state index contributed by atoms with van der Waals surface area (Å²) in [6, 6.07) is 96.4. The van der Waals surface area contributed by atoms with Crippen molar-refractivity contribution in [2.24, 2.45) is 0 Å². The fraction of sp³-hybridized carbons (Fsp3) is 0. The molecule has 11 aromatic rings. The summed E-state index contributed by atoms with van der Waals surface area (Å²) >= 11 is 0. The van der Waals surface area contributed by atoms with Crippen LogP contribution in [0.5, 0.6) is 0 Å². The molecule has 0 aliphatic heterocycles. The molecular weight excluding hydrogens is 773 g/mol. The van der Waals surface area contributed by atoms with E-state index in [0.29, 0.717) is 0 Å². The van der Waals surface area contributed by atoms with Crippen LogP contribution >= 0.6 is 0 Å². The van der Waals surface area contributed by atoms with E-state index in [0.717, 1.165) is 34.1 Å². The molecule has 0 aromatic heterocycles. The average Bonchev–Trinajstić information content (AvgIpc) is 3.38. The largest absolute Gasteiger partial charge is 0.310 e. The van der Waals surface area contributed by atoms with Crippen LogP contribution < -0.4 is 9.80 Å². The highest BCUT2D eigenvalue weighted by molar-refractivity contribution is 6.22. The number of para-hydroxylation sites is 4. The van der Waals surface area contributed by atoms with Gasteiger partial charge < -0.3 is 9.80 Å². The molecule has 0 atom stereocenters. The first-order valence-electron chi connectivity index (χ1n) is 21.9. The van der Waals surface area contributed by atoms with Crippen LogP contribution in [-0.2, 0) is 0 Å². The minimum absolute atomic E-state index is 1.09. The zero-order chi connectivity index (χ0) is 42.7. The molecular formula is C62H44N2. The predicted octanol–water partition coefficient (Wildman–Crippen LogP) is 17.6. The van der Waals surface area contributed by atoms with Crippen molar-refractivity contribution in [2.75, 3.05) is 9.80 Å². The lowest BCUT2D eigenvalue weighted by Crippen LogP contribution is -2.10. The molecule has 0 saturated carbocycles. The molecule has 0 amide bonds. The Morgan fingerprint density at radius 2 is 0.422 bits per heavy atom. The van der Waals surface area contributed by atoms with Gasteiger partial charge in [0.25, 0.3) is 0 Å². The average molecular weight is 817 g/mol. The fourth-order valence-corrected chi connectivity index (χ4v) is 9.23. The van der Waals surface area contributed by atoms with E-state index in [1.165, 1.54) is 66.1 Å². The lowest BCUT2D eigenvalue weighted by atomic mass is 9.84. The highest BCUT2D eigenvalue weighted by Gasteiger charge is 2.22. The smallest absolute Gasteiger partial charge is 0.0468 e. The number of nitrogens with zero attached hydrogens (tertiary/aromatic N) is 2. The van der Waals surface area contributed by atoms with Crippen molar-refractivity contribution in [3.63, 3.8) is 0 Å². The maximum Gasteiger partial charge on any atom is 0.0468 e. The van der Waals surface area contributed by atoms with Crippen LogP contribution in [0, 0.1) is 0 Å². The van der Waals surface area contributed by atoms with Crippen molar-refractivity contribution in [3.8, 4) is 44.5 Å². The van der Waals surface area contributed by atoms with Crippen molar-refractivity contribution in [2.45, 2.75) is 0 Å². The molecule has 0 spiro atoms. The van der Waals surface area contributed by atoms with Gasteiger partial charge in [-0.1, -0.05) is 194 Å². The van der Waals surface area contributed by atoms with Gasteiger partial charge in [-0.3, -0.25) is 0 Å².